The fraction of sp³-hybridized carbons (Fsp3) is 0.176. The highest BCUT2D eigenvalue weighted by Gasteiger charge is 2.13. The lowest BCUT2D eigenvalue weighted by atomic mass is 10.2. The molecule has 0 unspecified atom stereocenters. The summed E-state index contributed by atoms with van der Waals surface area (Å²) in [5, 5.41) is 2.67. The third kappa shape index (κ3) is 2.70. The maximum absolute atomic E-state index is 13.6. The molecule has 1 aromatic heterocycles. The van der Waals surface area contributed by atoms with Crippen molar-refractivity contribution in [3.63, 3.8) is 0 Å². The maximum Gasteiger partial charge on any atom is 0.258 e. The van der Waals surface area contributed by atoms with Crippen LogP contribution < -0.4 is 5.32 Å². The predicted molar refractivity (Wildman–Crippen MR) is 82.5 cm³/mol. The van der Waals surface area contributed by atoms with Gasteiger partial charge in [-0.05, 0) is 30.3 Å². The van der Waals surface area contributed by atoms with Crippen molar-refractivity contribution in [3.8, 4) is 0 Å². The van der Waals surface area contributed by atoms with Gasteiger partial charge in [0.05, 0.1) is 5.56 Å². The minimum absolute atomic E-state index is 0.00520. The molecule has 0 radical (unpaired) electrons. The fourth-order valence-corrected chi connectivity index (χ4v) is 2.11. The van der Waals surface area contributed by atoms with Crippen LogP contribution in [-0.4, -0.2) is 10.9 Å². The second-order valence-corrected chi connectivity index (χ2v) is 5.32. The Morgan fingerprint density at radius 2 is 2.00 bits per heavy atom. The number of anilines is 1. The van der Waals surface area contributed by atoms with Gasteiger partial charge in [0, 0.05) is 11.6 Å². The summed E-state index contributed by atoms with van der Waals surface area (Å²) in [6.07, 6.45) is 0. The first kappa shape index (κ1) is 14.3. The van der Waals surface area contributed by atoms with Gasteiger partial charge < -0.3 is 9.73 Å². The zero-order valence-electron chi connectivity index (χ0n) is 12.3. The van der Waals surface area contributed by atoms with Crippen LogP contribution in [0.2, 0.25) is 0 Å². The lowest BCUT2D eigenvalue weighted by molar-refractivity contribution is 0.102. The molecule has 0 aliphatic heterocycles. The number of amides is 1. The molecule has 5 heteroatoms. The van der Waals surface area contributed by atoms with E-state index < -0.39 is 11.7 Å². The van der Waals surface area contributed by atoms with Crippen LogP contribution in [0.4, 0.5) is 10.1 Å². The summed E-state index contributed by atoms with van der Waals surface area (Å²) in [5.41, 5.74) is 1.87. The number of carbonyl (C=O) groups excluding carboxylic acids is 1. The van der Waals surface area contributed by atoms with Gasteiger partial charge >= 0.3 is 0 Å². The van der Waals surface area contributed by atoms with Crippen LogP contribution in [0.15, 0.2) is 46.9 Å². The third-order valence-electron chi connectivity index (χ3n) is 3.27. The second-order valence-electron chi connectivity index (χ2n) is 5.32. The van der Waals surface area contributed by atoms with E-state index in [-0.39, 0.29) is 11.5 Å². The minimum Gasteiger partial charge on any atom is -0.440 e. The Morgan fingerprint density at radius 1 is 1.23 bits per heavy atom. The number of carbonyl (C=O) groups is 1. The molecule has 0 atom stereocenters. The Labute approximate surface area is 127 Å². The topological polar surface area (TPSA) is 55.1 Å². The lowest BCUT2D eigenvalue weighted by Gasteiger charge is -2.05. The molecule has 3 rings (SSSR count). The molecule has 2 aromatic carbocycles. The van der Waals surface area contributed by atoms with Gasteiger partial charge in [0.1, 0.15) is 11.3 Å². The van der Waals surface area contributed by atoms with Crippen LogP contribution in [0, 0.1) is 5.82 Å². The number of halogens is 1. The molecule has 1 N–H and O–H groups in total. The van der Waals surface area contributed by atoms with Crippen molar-refractivity contribution in [1.29, 1.82) is 0 Å². The molecule has 22 heavy (non-hydrogen) atoms. The molecule has 0 aliphatic rings. The van der Waals surface area contributed by atoms with Gasteiger partial charge in [0.2, 0.25) is 0 Å². The Kier molecular flexibility index (Phi) is 3.63. The molecule has 1 heterocycles. The molecule has 0 saturated carbocycles. The van der Waals surface area contributed by atoms with Crippen LogP contribution in [0.3, 0.4) is 0 Å². The molecular formula is C17H15FN2O2. The fourth-order valence-electron chi connectivity index (χ4n) is 2.11. The molecular weight excluding hydrogens is 283 g/mol. The van der Waals surface area contributed by atoms with E-state index in [2.05, 4.69) is 10.3 Å². The molecule has 0 bridgehead atoms. The van der Waals surface area contributed by atoms with Crippen LogP contribution in [-0.2, 0) is 0 Å². The summed E-state index contributed by atoms with van der Waals surface area (Å²) in [5.74, 6) is -0.217. The van der Waals surface area contributed by atoms with Crippen molar-refractivity contribution in [1.82, 2.24) is 4.98 Å². The van der Waals surface area contributed by atoms with Crippen molar-refractivity contribution < 1.29 is 13.6 Å². The average Bonchev–Trinajstić information content (AvgIpc) is 2.91. The molecule has 0 saturated heterocycles. The number of nitrogens with zero attached hydrogens (tertiary/aromatic N) is 1. The van der Waals surface area contributed by atoms with E-state index in [0.29, 0.717) is 22.7 Å². The second kappa shape index (κ2) is 5.60. The van der Waals surface area contributed by atoms with Gasteiger partial charge in [-0.3, -0.25) is 4.79 Å². The number of aromatic nitrogens is 1. The quantitative estimate of drug-likeness (QED) is 0.782. The average molecular weight is 298 g/mol. The number of oxazole rings is 1. The summed E-state index contributed by atoms with van der Waals surface area (Å²) < 4.78 is 19.2. The maximum atomic E-state index is 13.6. The largest absolute Gasteiger partial charge is 0.440 e. The standard InChI is InChI=1S/C17H15FN2O2/c1-10(2)17-20-14-9-11(7-8-15(14)22-17)19-16(21)12-5-3-4-6-13(12)18/h3-10H,1-2H3,(H,19,21). The molecule has 0 spiro atoms. The molecule has 1 amide bonds. The molecule has 0 aliphatic carbocycles. The highest BCUT2D eigenvalue weighted by Crippen LogP contribution is 2.24. The summed E-state index contributed by atoms with van der Waals surface area (Å²) in [7, 11) is 0. The van der Waals surface area contributed by atoms with E-state index in [1.165, 1.54) is 12.1 Å². The first-order valence-corrected chi connectivity index (χ1v) is 7.01. The Balaban J connectivity index is 1.88. The lowest BCUT2D eigenvalue weighted by Crippen LogP contribution is -2.13. The normalized spacial score (nSPS) is 11.1. The number of hydrogen-bond acceptors (Lipinski definition) is 3. The van der Waals surface area contributed by atoms with E-state index in [0.717, 1.165) is 0 Å². The molecule has 4 nitrogen and oxygen atoms in total. The van der Waals surface area contributed by atoms with Crippen molar-refractivity contribution in [3.05, 3.63) is 59.7 Å². The monoisotopic (exact) mass is 298 g/mol. The molecule has 0 fully saturated rings. The Bertz CT molecular complexity index is 840. The SMILES string of the molecule is CC(C)c1nc2cc(NC(=O)c3ccccc3F)ccc2o1. The van der Waals surface area contributed by atoms with Gasteiger partial charge in [-0.25, -0.2) is 9.37 Å². The Hall–Kier alpha value is -2.69. The van der Waals surface area contributed by atoms with Crippen LogP contribution >= 0.6 is 0 Å². The smallest absolute Gasteiger partial charge is 0.258 e. The van der Waals surface area contributed by atoms with Gasteiger partial charge in [0.25, 0.3) is 5.91 Å². The summed E-state index contributed by atoms with van der Waals surface area (Å²) in [4.78, 5) is 16.5. The third-order valence-corrected chi connectivity index (χ3v) is 3.27. The molecule has 112 valence electrons. The van der Waals surface area contributed by atoms with Gasteiger partial charge in [-0.2, -0.15) is 0 Å². The van der Waals surface area contributed by atoms with Gasteiger partial charge in [-0.15, -0.1) is 0 Å². The van der Waals surface area contributed by atoms with E-state index >= 15 is 0 Å². The zero-order valence-corrected chi connectivity index (χ0v) is 12.3. The van der Waals surface area contributed by atoms with Crippen LogP contribution in [0.1, 0.15) is 36.0 Å². The van der Waals surface area contributed by atoms with Crippen LogP contribution in [0.5, 0.6) is 0 Å². The summed E-state index contributed by atoms with van der Waals surface area (Å²) in [6.45, 7) is 3.98. The van der Waals surface area contributed by atoms with E-state index in [1.807, 2.05) is 13.8 Å². The van der Waals surface area contributed by atoms with Crippen molar-refractivity contribution in [2.45, 2.75) is 19.8 Å². The number of benzene rings is 2. The van der Waals surface area contributed by atoms with Gasteiger partial charge in [0.15, 0.2) is 11.5 Å². The van der Waals surface area contributed by atoms with Crippen LogP contribution in [0.25, 0.3) is 11.1 Å². The number of fused-ring (bicyclic) bond motifs is 1. The minimum atomic E-state index is -0.551. The van der Waals surface area contributed by atoms with Crippen molar-refractivity contribution >= 4 is 22.7 Å². The number of nitrogens with one attached hydrogen (secondary N) is 1. The van der Waals surface area contributed by atoms with E-state index in [4.69, 9.17) is 4.42 Å². The first-order chi connectivity index (χ1) is 10.5. The summed E-state index contributed by atoms with van der Waals surface area (Å²) >= 11 is 0. The van der Waals surface area contributed by atoms with Gasteiger partial charge in [-0.1, -0.05) is 26.0 Å². The zero-order chi connectivity index (χ0) is 15.7. The van der Waals surface area contributed by atoms with Crippen molar-refractivity contribution in [2.24, 2.45) is 0 Å². The van der Waals surface area contributed by atoms with Crippen molar-refractivity contribution in [2.75, 3.05) is 5.32 Å². The van der Waals surface area contributed by atoms with E-state index in [1.54, 1.807) is 30.3 Å². The highest BCUT2D eigenvalue weighted by atomic mass is 19.1. The predicted octanol–water partition coefficient (Wildman–Crippen LogP) is 4.34. The summed E-state index contributed by atoms with van der Waals surface area (Å²) in [6, 6.07) is 11.0. The Morgan fingerprint density at radius 3 is 2.73 bits per heavy atom. The highest BCUT2D eigenvalue weighted by molar-refractivity contribution is 6.05. The first-order valence-electron chi connectivity index (χ1n) is 7.01. The molecule has 3 aromatic rings. The van der Waals surface area contributed by atoms with E-state index in [9.17, 15) is 9.18 Å². The number of rotatable bonds is 3. The number of hydrogen-bond donors (Lipinski definition) is 1.